The first kappa shape index (κ1) is 12.2. The molecule has 2 heteroatoms. The third-order valence-corrected chi connectivity index (χ3v) is 3.62. The van der Waals surface area contributed by atoms with E-state index in [4.69, 9.17) is 10.2 Å². The summed E-state index contributed by atoms with van der Waals surface area (Å²) in [5, 5.41) is 1.24. The van der Waals surface area contributed by atoms with E-state index in [0.29, 0.717) is 12.5 Å². The van der Waals surface area contributed by atoms with E-state index in [0.717, 1.165) is 24.2 Å². The van der Waals surface area contributed by atoms with Gasteiger partial charge in [0.25, 0.3) is 0 Å². The summed E-state index contributed by atoms with van der Waals surface area (Å²) in [5.74, 6) is 1.53. The van der Waals surface area contributed by atoms with Gasteiger partial charge in [-0.3, -0.25) is 0 Å². The van der Waals surface area contributed by atoms with Crippen LogP contribution in [-0.2, 0) is 13.0 Å². The van der Waals surface area contributed by atoms with Crippen molar-refractivity contribution in [1.29, 1.82) is 0 Å². The summed E-state index contributed by atoms with van der Waals surface area (Å²) in [6.07, 6.45) is 2.14. The molecule has 1 heterocycles. The van der Waals surface area contributed by atoms with Gasteiger partial charge in [0.05, 0.1) is 6.54 Å². The van der Waals surface area contributed by atoms with Crippen molar-refractivity contribution in [2.75, 3.05) is 0 Å². The van der Waals surface area contributed by atoms with Crippen LogP contribution in [0.25, 0.3) is 11.0 Å². The molecule has 1 atom stereocenters. The molecule has 17 heavy (non-hydrogen) atoms. The van der Waals surface area contributed by atoms with Crippen molar-refractivity contribution in [3.63, 3.8) is 0 Å². The maximum atomic E-state index is 5.78. The Morgan fingerprint density at radius 3 is 2.65 bits per heavy atom. The van der Waals surface area contributed by atoms with E-state index < -0.39 is 0 Å². The summed E-state index contributed by atoms with van der Waals surface area (Å²) in [4.78, 5) is 0. The number of fused-ring (bicyclic) bond motifs is 1. The van der Waals surface area contributed by atoms with Crippen LogP contribution in [0.3, 0.4) is 0 Å². The van der Waals surface area contributed by atoms with Gasteiger partial charge in [-0.15, -0.1) is 0 Å². The zero-order valence-corrected chi connectivity index (χ0v) is 10.9. The molecule has 0 aliphatic heterocycles. The summed E-state index contributed by atoms with van der Waals surface area (Å²) < 4.78 is 5.78. The predicted octanol–water partition coefficient (Wildman–Crippen LogP) is 3.97. The van der Waals surface area contributed by atoms with Crippen molar-refractivity contribution in [1.82, 2.24) is 0 Å². The molecule has 0 saturated heterocycles. The highest BCUT2D eigenvalue weighted by Crippen LogP contribution is 2.30. The lowest BCUT2D eigenvalue weighted by molar-refractivity contribution is 0.546. The quantitative estimate of drug-likeness (QED) is 0.864. The molecular formula is C15H21NO. The first-order valence-electron chi connectivity index (χ1n) is 6.45. The molecule has 0 bridgehead atoms. The second-order valence-electron chi connectivity index (χ2n) is 4.63. The van der Waals surface area contributed by atoms with E-state index in [1.807, 2.05) is 0 Å². The fourth-order valence-corrected chi connectivity index (χ4v) is 2.31. The molecule has 0 fully saturated rings. The molecule has 2 aromatic rings. The monoisotopic (exact) mass is 231 g/mol. The minimum Gasteiger partial charge on any atom is -0.459 e. The minimum atomic E-state index is 0.483. The topological polar surface area (TPSA) is 39.2 Å². The largest absolute Gasteiger partial charge is 0.459 e. The molecule has 92 valence electrons. The van der Waals surface area contributed by atoms with Gasteiger partial charge in [0, 0.05) is 10.9 Å². The molecule has 1 unspecified atom stereocenters. The number of benzene rings is 1. The van der Waals surface area contributed by atoms with Crippen LogP contribution in [-0.4, -0.2) is 0 Å². The second kappa shape index (κ2) is 4.92. The van der Waals surface area contributed by atoms with Crippen LogP contribution in [0, 0.1) is 0 Å². The fraction of sp³-hybridized carbons (Fsp3) is 0.467. The SMILES string of the molecule is CCc1c(CN)oc2ccc(C(C)CC)cc12. The summed E-state index contributed by atoms with van der Waals surface area (Å²) in [7, 11) is 0. The summed E-state index contributed by atoms with van der Waals surface area (Å²) >= 11 is 0. The smallest absolute Gasteiger partial charge is 0.134 e. The molecule has 0 aliphatic carbocycles. The van der Waals surface area contributed by atoms with Gasteiger partial charge in [-0.05, 0) is 36.5 Å². The Kier molecular flexibility index (Phi) is 3.53. The van der Waals surface area contributed by atoms with Crippen molar-refractivity contribution in [3.05, 3.63) is 35.1 Å². The molecular weight excluding hydrogens is 210 g/mol. The van der Waals surface area contributed by atoms with Gasteiger partial charge in [0.2, 0.25) is 0 Å². The lowest BCUT2D eigenvalue weighted by Crippen LogP contribution is -1.97. The van der Waals surface area contributed by atoms with Gasteiger partial charge in [0.15, 0.2) is 0 Å². The summed E-state index contributed by atoms with van der Waals surface area (Å²) in [6.45, 7) is 7.11. The molecule has 2 nitrogen and oxygen atoms in total. The molecule has 0 spiro atoms. The second-order valence-corrected chi connectivity index (χ2v) is 4.63. The number of aryl methyl sites for hydroxylation is 1. The van der Waals surface area contributed by atoms with Crippen molar-refractivity contribution in [2.24, 2.45) is 5.73 Å². The number of nitrogens with two attached hydrogens (primary N) is 1. The lowest BCUT2D eigenvalue weighted by atomic mass is 9.96. The van der Waals surface area contributed by atoms with Crippen molar-refractivity contribution in [2.45, 2.75) is 46.1 Å². The highest BCUT2D eigenvalue weighted by atomic mass is 16.3. The molecule has 0 aliphatic rings. The molecule has 1 aromatic heterocycles. The number of hydrogen-bond acceptors (Lipinski definition) is 2. The highest BCUT2D eigenvalue weighted by molar-refractivity contribution is 5.83. The molecule has 2 rings (SSSR count). The predicted molar refractivity (Wildman–Crippen MR) is 72.2 cm³/mol. The number of furan rings is 1. The van der Waals surface area contributed by atoms with Crippen molar-refractivity contribution < 1.29 is 4.42 Å². The normalized spacial score (nSPS) is 13.2. The first-order chi connectivity index (χ1) is 8.21. The maximum absolute atomic E-state index is 5.78. The Hall–Kier alpha value is -1.28. The molecule has 0 radical (unpaired) electrons. The third-order valence-electron chi connectivity index (χ3n) is 3.62. The van der Waals surface area contributed by atoms with Crippen LogP contribution in [0.15, 0.2) is 22.6 Å². The van der Waals surface area contributed by atoms with Gasteiger partial charge < -0.3 is 10.2 Å². The maximum Gasteiger partial charge on any atom is 0.134 e. The zero-order valence-electron chi connectivity index (χ0n) is 10.9. The van der Waals surface area contributed by atoms with Crippen molar-refractivity contribution in [3.8, 4) is 0 Å². The molecule has 0 amide bonds. The molecule has 2 N–H and O–H groups in total. The fourth-order valence-electron chi connectivity index (χ4n) is 2.31. The standard InChI is InChI=1S/C15H21NO/c1-4-10(3)11-6-7-14-13(8-11)12(5-2)15(9-16)17-14/h6-8,10H,4-5,9,16H2,1-3H3. The Bertz CT molecular complexity index is 513. The average Bonchev–Trinajstić information content (AvgIpc) is 2.74. The van der Waals surface area contributed by atoms with E-state index in [-0.39, 0.29) is 0 Å². The minimum absolute atomic E-state index is 0.483. The van der Waals surface area contributed by atoms with E-state index in [1.54, 1.807) is 0 Å². The Balaban J connectivity index is 2.58. The van der Waals surface area contributed by atoms with Crippen LogP contribution in [0.1, 0.15) is 50.0 Å². The number of rotatable bonds is 4. The van der Waals surface area contributed by atoms with Gasteiger partial charge in [0.1, 0.15) is 11.3 Å². The first-order valence-corrected chi connectivity index (χ1v) is 6.45. The van der Waals surface area contributed by atoms with Gasteiger partial charge in [-0.25, -0.2) is 0 Å². The Morgan fingerprint density at radius 2 is 2.06 bits per heavy atom. The third kappa shape index (κ3) is 2.09. The van der Waals surface area contributed by atoms with E-state index >= 15 is 0 Å². The van der Waals surface area contributed by atoms with E-state index in [2.05, 4.69) is 39.0 Å². The Labute approximate surface area is 103 Å². The van der Waals surface area contributed by atoms with E-state index in [1.165, 1.54) is 16.5 Å². The Morgan fingerprint density at radius 1 is 1.29 bits per heavy atom. The zero-order chi connectivity index (χ0) is 12.4. The van der Waals surface area contributed by atoms with Crippen molar-refractivity contribution >= 4 is 11.0 Å². The van der Waals surface area contributed by atoms with Gasteiger partial charge in [-0.1, -0.05) is 26.8 Å². The highest BCUT2D eigenvalue weighted by Gasteiger charge is 2.13. The van der Waals surface area contributed by atoms with Crippen LogP contribution in [0.5, 0.6) is 0 Å². The average molecular weight is 231 g/mol. The molecule has 0 saturated carbocycles. The summed E-state index contributed by atoms with van der Waals surface area (Å²) in [6, 6.07) is 6.51. The lowest BCUT2D eigenvalue weighted by Gasteiger charge is -2.08. The van der Waals surface area contributed by atoms with E-state index in [9.17, 15) is 0 Å². The van der Waals surface area contributed by atoms with Crippen LogP contribution in [0.2, 0.25) is 0 Å². The van der Waals surface area contributed by atoms with Crippen LogP contribution >= 0.6 is 0 Å². The van der Waals surface area contributed by atoms with Gasteiger partial charge >= 0.3 is 0 Å². The van der Waals surface area contributed by atoms with Gasteiger partial charge in [-0.2, -0.15) is 0 Å². The van der Waals surface area contributed by atoms with Crippen LogP contribution < -0.4 is 5.73 Å². The molecule has 1 aromatic carbocycles. The number of hydrogen-bond donors (Lipinski definition) is 1. The van der Waals surface area contributed by atoms with Crippen LogP contribution in [0.4, 0.5) is 0 Å². The summed E-state index contributed by atoms with van der Waals surface area (Å²) in [5.41, 5.74) is 9.35.